The minimum absolute atomic E-state index is 0.00677. The molecule has 2 unspecified atom stereocenters. The molecule has 0 spiro atoms. The maximum absolute atomic E-state index is 13.2. The van der Waals surface area contributed by atoms with Gasteiger partial charge in [-0.05, 0) is 38.0 Å². The van der Waals surface area contributed by atoms with Crippen molar-refractivity contribution in [1.82, 2.24) is 0 Å². The number of esters is 1. The average molecular weight is 372 g/mol. The number of halogens is 6. The minimum atomic E-state index is -5.77. The van der Waals surface area contributed by atoms with Crippen molar-refractivity contribution in [2.75, 3.05) is 0 Å². The van der Waals surface area contributed by atoms with Crippen molar-refractivity contribution in [1.29, 1.82) is 0 Å². The van der Waals surface area contributed by atoms with E-state index in [1.165, 1.54) is 0 Å². The van der Waals surface area contributed by atoms with E-state index in [-0.39, 0.29) is 31.0 Å². The third kappa shape index (κ3) is 2.56. The summed E-state index contributed by atoms with van der Waals surface area (Å²) in [5, 5.41) is 0. The lowest BCUT2D eigenvalue weighted by molar-refractivity contribution is -0.373. The predicted octanol–water partition coefficient (Wildman–Crippen LogP) is 4.20. The molecule has 0 radical (unpaired) electrons. The minimum Gasteiger partial charge on any atom is -0.439 e. The van der Waals surface area contributed by atoms with Gasteiger partial charge in [-0.25, -0.2) is 0 Å². The standard InChI is InChI=1S/C16H18F6O3/c1-2-14(15(17,18)19,16(20,21)22)25-12(24)13-5-8-3-9(6-13)11(23)10(4-8)7-13/h8-10H,2-7H2,1H3. The molecule has 4 bridgehead atoms. The van der Waals surface area contributed by atoms with Gasteiger partial charge in [0.2, 0.25) is 0 Å². The van der Waals surface area contributed by atoms with Crippen LogP contribution in [0.4, 0.5) is 26.3 Å². The molecular formula is C16H18F6O3. The Hall–Kier alpha value is -1.28. The van der Waals surface area contributed by atoms with Gasteiger partial charge in [0.15, 0.2) is 0 Å². The second-order valence-electron chi connectivity index (χ2n) is 7.59. The second-order valence-corrected chi connectivity index (χ2v) is 7.59. The molecule has 0 aromatic heterocycles. The maximum atomic E-state index is 13.2. The molecule has 0 aromatic rings. The van der Waals surface area contributed by atoms with E-state index in [1.807, 2.05) is 0 Å². The van der Waals surface area contributed by atoms with Crippen molar-refractivity contribution >= 4 is 11.8 Å². The first kappa shape index (κ1) is 18.5. The van der Waals surface area contributed by atoms with Crippen LogP contribution in [-0.2, 0) is 14.3 Å². The van der Waals surface area contributed by atoms with Crippen molar-refractivity contribution in [3.05, 3.63) is 0 Å². The van der Waals surface area contributed by atoms with E-state index in [9.17, 15) is 35.9 Å². The second kappa shape index (κ2) is 5.36. The van der Waals surface area contributed by atoms with Crippen LogP contribution < -0.4 is 0 Å². The molecule has 25 heavy (non-hydrogen) atoms. The lowest BCUT2D eigenvalue weighted by Crippen LogP contribution is -2.62. The molecule has 0 N–H and O–H groups in total. The molecule has 142 valence electrons. The van der Waals surface area contributed by atoms with Gasteiger partial charge in [-0.15, -0.1) is 0 Å². The van der Waals surface area contributed by atoms with Crippen LogP contribution in [0.15, 0.2) is 0 Å². The number of ketones is 1. The monoisotopic (exact) mass is 372 g/mol. The number of hydrogen-bond acceptors (Lipinski definition) is 3. The number of carbonyl (C=O) groups is 2. The third-order valence-electron chi connectivity index (χ3n) is 6.11. The van der Waals surface area contributed by atoms with Crippen LogP contribution >= 0.6 is 0 Å². The van der Waals surface area contributed by atoms with Gasteiger partial charge in [-0.2, -0.15) is 26.3 Å². The Morgan fingerprint density at radius 3 is 1.92 bits per heavy atom. The van der Waals surface area contributed by atoms with E-state index in [4.69, 9.17) is 0 Å². The molecule has 4 saturated carbocycles. The van der Waals surface area contributed by atoms with Crippen LogP contribution in [0.1, 0.15) is 45.4 Å². The number of ether oxygens (including phenoxy) is 1. The van der Waals surface area contributed by atoms with Gasteiger partial charge in [0.25, 0.3) is 0 Å². The van der Waals surface area contributed by atoms with Gasteiger partial charge in [0.1, 0.15) is 5.78 Å². The molecule has 0 aliphatic heterocycles. The molecule has 4 fully saturated rings. The molecule has 0 amide bonds. The maximum Gasteiger partial charge on any atom is 0.437 e. The van der Waals surface area contributed by atoms with Gasteiger partial charge in [0.05, 0.1) is 5.41 Å². The van der Waals surface area contributed by atoms with Crippen LogP contribution in [0, 0.1) is 23.2 Å². The van der Waals surface area contributed by atoms with Gasteiger partial charge in [0, 0.05) is 18.3 Å². The number of Topliss-reactive ketones (excluding diaryl/α,β-unsaturated/α-hetero) is 1. The summed E-state index contributed by atoms with van der Waals surface area (Å²) in [7, 11) is 0. The summed E-state index contributed by atoms with van der Waals surface area (Å²) >= 11 is 0. The Bertz CT molecular complexity index is 562. The van der Waals surface area contributed by atoms with E-state index >= 15 is 0 Å². The summed E-state index contributed by atoms with van der Waals surface area (Å²) in [6.45, 7) is 0.692. The Morgan fingerprint density at radius 2 is 1.52 bits per heavy atom. The Kier molecular flexibility index (Phi) is 3.97. The van der Waals surface area contributed by atoms with Crippen molar-refractivity contribution in [2.45, 2.75) is 63.4 Å². The lowest BCUT2D eigenvalue weighted by atomic mass is 9.49. The highest BCUT2D eigenvalue weighted by Gasteiger charge is 2.74. The number of carbonyl (C=O) groups excluding carboxylic acids is 2. The summed E-state index contributed by atoms with van der Waals surface area (Å²) in [6, 6.07) is 0. The van der Waals surface area contributed by atoms with Gasteiger partial charge >= 0.3 is 23.9 Å². The summed E-state index contributed by atoms with van der Waals surface area (Å²) in [4.78, 5) is 24.6. The van der Waals surface area contributed by atoms with Crippen LogP contribution in [0.5, 0.6) is 0 Å². The highest BCUT2D eigenvalue weighted by molar-refractivity contribution is 5.89. The summed E-state index contributed by atoms with van der Waals surface area (Å²) in [6.07, 6.45) is -11.7. The first-order valence-electron chi connectivity index (χ1n) is 8.26. The molecule has 4 rings (SSSR count). The van der Waals surface area contributed by atoms with Crippen LogP contribution in [0.3, 0.4) is 0 Å². The first-order valence-corrected chi connectivity index (χ1v) is 8.26. The smallest absolute Gasteiger partial charge is 0.437 e. The molecule has 0 heterocycles. The Labute approximate surface area is 140 Å². The first-order chi connectivity index (χ1) is 11.4. The fraction of sp³-hybridized carbons (Fsp3) is 0.875. The molecule has 9 heteroatoms. The van der Waals surface area contributed by atoms with Crippen molar-refractivity contribution < 1.29 is 40.7 Å². The van der Waals surface area contributed by atoms with Crippen LogP contribution in [0.2, 0.25) is 0 Å². The zero-order valence-corrected chi connectivity index (χ0v) is 13.5. The summed E-state index contributed by atoms with van der Waals surface area (Å²) in [5.74, 6) is -2.41. The molecule has 4 aliphatic carbocycles. The highest BCUT2D eigenvalue weighted by Crippen LogP contribution is 2.60. The van der Waals surface area contributed by atoms with E-state index < -0.39 is 47.6 Å². The molecule has 3 nitrogen and oxygen atoms in total. The number of alkyl halides is 6. The van der Waals surface area contributed by atoms with Crippen molar-refractivity contribution in [2.24, 2.45) is 23.2 Å². The summed E-state index contributed by atoms with van der Waals surface area (Å²) in [5.41, 5.74) is -5.91. The van der Waals surface area contributed by atoms with Crippen molar-refractivity contribution in [3.63, 3.8) is 0 Å². The topological polar surface area (TPSA) is 43.4 Å². The third-order valence-corrected chi connectivity index (χ3v) is 6.11. The average Bonchev–Trinajstić information content (AvgIpc) is 2.46. The highest BCUT2D eigenvalue weighted by atomic mass is 19.4. The largest absolute Gasteiger partial charge is 0.439 e. The van der Waals surface area contributed by atoms with Gasteiger partial charge in [-0.3, -0.25) is 9.59 Å². The van der Waals surface area contributed by atoms with Gasteiger partial charge in [-0.1, -0.05) is 6.92 Å². The lowest BCUT2D eigenvalue weighted by Gasteiger charge is -2.54. The quantitative estimate of drug-likeness (QED) is 0.551. The zero-order chi connectivity index (χ0) is 18.8. The van der Waals surface area contributed by atoms with Crippen LogP contribution in [-0.4, -0.2) is 29.7 Å². The molecular weight excluding hydrogens is 354 g/mol. The van der Waals surface area contributed by atoms with E-state index in [2.05, 4.69) is 4.74 Å². The fourth-order valence-electron chi connectivity index (χ4n) is 5.01. The molecule has 0 saturated heterocycles. The summed E-state index contributed by atoms with van der Waals surface area (Å²) < 4.78 is 83.5. The molecule has 0 aromatic carbocycles. The van der Waals surface area contributed by atoms with E-state index in [1.54, 1.807) is 0 Å². The fourth-order valence-corrected chi connectivity index (χ4v) is 5.01. The number of hydrogen-bond donors (Lipinski definition) is 0. The van der Waals surface area contributed by atoms with Crippen LogP contribution in [0.25, 0.3) is 0 Å². The predicted molar refractivity (Wildman–Crippen MR) is 72.2 cm³/mol. The Morgan fingerprint density at radius 1 is 1.04 bits per heavy atom. The molecule has 2 atom stereocenters. The SMILES string of the molecule is CCC(OC(=O)C12CC3CC(C1)C(=O)C(C3)C2)(C(F)(F)F)C(F)(F)F. The normalized spacial score (nSPS) is 35.2. The van der Waals surface area contributed by atoms with Crippen molar-refractivity contribution in [3.8, 4) is 0 Å². The Balaban J connectivity index is 1.92. The molecule has 4 aliphatic rings. The van der Waals surface area contributed by atoms with Gasteiger partial charge < -0.3 is 4.74 Å². The van der Waals surface area contributed by atoms with E-state index in [0.717, 1.165) is 0 Å². The zero-order valence-electron chi connectivity index (χ0n) is 13.5. The number of rotatable bonds is 3. The van der Waals surface area contributed by atoms with E-state index in [0.29, 0.717) is 19.8 Å².